The maximum absolute atomic E-state index is 12.5. The van der Waals surface area contributed by atoms with Crippen molar-refractivity contribution in [1.82, 2.24) is 14.9 Å². The van der Waals surface area contributed by atoms with E-state index in [0.717, 1.165) is 25.1 Å². The predicted molar refractivity (Wildman–Crippen MR) is 82.5 cm³/mol. The van der Waals surface area contributed by atoms with Gasteiger partial charge in [-0.1, -0.05) is 6.07 Å². The van der Waals surface area contributed by atoms with Gasteiger partial charge < -0.3 is 9.64 Å². The fourth-order valence-corrected chi connectivity index (χ4v) is 4.08. The molecule has 3 heterocycles. The van der Waals surface area contributed by atoms with Crippen LogP contribution < -0.4 is 0 Å². The van der Waals surface area contributed by atoms with E-state index in [4.69, 9.17) is 4.74 Å². The Morgan fingerprint density at radius 1 is 1.36 bits per heavy atom. The van der Waals surface area contributed by atoms with Crippen LogP contribution in [0.25, 0.3) is 0 Å². The van der Waals surface area contributed by atoms with E-state index in [2.05, 4.69) is 9.97 Å². The smallest absolute Gasteiger partial charge is 0.273 e. The van der Waals surface area contributed by atoms with Crippen molar-refractivity contribution in [3.8, 4) is 0 Å². The Morgan fingerprint density at radius 2 is 2.32 bits per heavy atom. The maximum Gasteiger partial charge on any atom is 0.273 e. The first-order valence-electron chi connectivity index (χ1n) is 7.53. The summed E-state index contributed by atoms with van der Waals surface area (Å²) in [6.45, 7) is 1.30. The molecule has 5 nitrogen and oxygen atoms in total. The van der Waals surface area contributed by atoms with Crippen molar-refractivity contribution in [2.45, 2.75) is 31.6 Å². The number of amides is 1. The molecule has 3 atom stereocenters. The van der Waals surface area contributed by atoms with Crippen LogP contribution in [0.2, 0.25) is 0 Å². The molecular weight excluding hydrogens is 298 g/mol. The van der Waals surface area contributed by atoms with Crippen LogP contribution in [0.3, 0.4) is 0 Å². The zero-order chi connectivity index (χ0) is 14.9. The number of likely N-dealkylation sites (tertiary alicyclic amines) is 1. The summed E-state index contributed by atoms with van der Waals surface area (Å²) in [6, 6.07) is 6.02. The normalized spacial score (nSPS) is 26.5. The monoisotopic (exact) mass is 315 g/mol. The molecule has 0 radical (unpaired) electrons. The highest BCUT2D eigenvalue weighted by atomic mass is 32.1. The van der Waals surface area contributed by atoms with Gasteiger partial charge in [-0.15, -0.1) is 11.3 Å². The molecular formula is C16H17N3O2S. The molecule has 0 spiro atoms. The molecule has 1 aliphatic heterocycles. The minimum absolute atomic E-state index is 0.0416. The van der Waals surface area contributed by atoms with Crippen LogP contribution in [0, 0.1) is 5.92 Å². The molecule has 2 bridgehead atoms. The van der Waals surface area contributed by atoms with E-state index in [1.807, 2.05) is 28.5 Å². The highest BCUT2D eigenvalue weighted by molar-refractivity contribution is 7.07. The molecule has 0 aromatic carbocycles. The van der Waals surface area contributed by atoms with Crippen molar-refractivity contribution in [3.63, 3.8) is 0 Å². The summed E-state index contributed by atoms with van der Waals surface area (Å²) in [5, 5.41) is 1.82. The number of piperidine rings is 1. The van der Waals surface area contributed by atoms with Gasteiger partial charge in [-0.25, -0.2) is 4.98 Å². The minimum Gasteiger partial charge on any atom is -0.369 e. The zero-order valence-corrected chi connectivity index (χ0v) is 12.9. The van der Waals surface area contributed by atoms with Crippen LogP contribution in [0.5, 0.6) is 0 Å². The summed E-state index contributed by atoms with van der Waals surface area (Å²) in [5.41, 5.74) is 3.20. The van der Waals surface area contributed by atoms with Gasteiger partial charge in [0.25, 0.3) is 5.91 Å². The van der Waals surface area contributed by atoms with Crippen molar-refractivity contribution in [2.24, 2.45) is 5.92 Å². The number of ether oxygens (including phenoxy) is 1. The third-order valence-electron chi connectivity index (χ3n) is 4.57. The van der Waals surface area contributed by atoms with E-state index >= 15 is 0 Å². The lowest BCUT2D eigenvalue weighted by atomic mass is 10.1. The van der Waals surface area contributed by atoms with Crippen molar-refractivity contribution >= 4 is 17.2 Å². The fraction of sp³-hybridized carbons (Fsp3) is 0.438. The molecule has 1 saturated carbocycles. The van der Waals surface area contributed by atoms with Gasteiger partial charge in [0.15, 0.2) is 0 Å². The van der Waals surface area contributed by atoms with Crippen molar-refractivity contribution in [1.29, 1.82) is 0 Å². The second kappa shape index (κ2) is 5.78. The van der Waals surface area contributed by atoms with Gasteiger partial charge in [-0.05, 0) is 25.0 Å². The van der Waals surface area contributed by atoms with Crippen molar-refractivity contribution in [3.05, 3.63) is 46.7 Å². The Kier molecular flexibility index (Phi) is 3.63. The molecule has 0 unspecified atom stereocenters. The number of fused-ring (bicyclic) bond motifs is 2. The molecule has 6 heteroatoms. The Labute approximate surface area is 133 Å². The topological polar surface area (TPSA) is 55.3 Å². The Morgan fingerprint density at radius 3 is 3.09 bits per heavy atom. The molecule has 4 rings (SSSR count). The molecule has 1 saturated heterocycles. The van der Waals surface area contributed by atoms with Crippen molar-refractivity contribution in [2.75, 3.05) is 6.54 Å². The van der Waals surface area contributed by atoms with Gasteiger partial charge in [0.2, 0.25) is 0 Å². The van der Waals surface area contributed by atoms with Gasteiger partial charge in [0.05, 0.1) is 30.0 Å². The van der Waals surface area contributed by atoms with E-state index in [1.165, 1.54) is 11.3 Å². The summed E-state index contributed by atoms with van der Waals surface area (Å²) in [7, 11) is 0. The number of aromatic nitrogens is 2. The number of carbonyl (C=O) groups is 1. The van der Waals surface area contributed by atoms with Crippen LogP contribution >= 0.6 is 11.3 Å². The molecule has 2 aromatic rings. The first kappa shape index (κ1) is 13.8. The molecule has 0 N–H and O–H groups in total. The van der Waals surface area contributed by atoms with Gasteiger partial charge in [0, 0.05) is 24.0 Å². The molecule has 22 heavy (non-hydrogen) atoms. The van der Waals surface area contributed by atoms with Crippen LogP contribution in [0.15, 0.2) is 35.3 Å². The number of carbonyl (C=O) groups excluding carboxylic acids is 1. The first-order chi connectivity index (χ1) is 10.8. The average molecular weight is 315 g/mol. The van der Waals surface area contributed by atoms with E-state index in [9.17, 15) is 4.79 Å². The lowest BCUT2D eigenvalue weighted by Gasteiger charge is -2.26. The summed E-state index contributed by atoms with van der Waals surface area (Å²) in [5.74, 6) is 0.483. The molecule has 2 aliphatic rings. The largest absolute Gasteiger partial charge is 0.369 e. The second-order valence-corrected chi connectivity index (χ2v) is 6.55. The quantitative estimate of drug-likeness (QED) is 0.869. The summed E-state index contributed by atoms with van der Waals surface area (Å²) < 4.78 is 6.10. The third kappa shape index (κ3) is 2.42. The lowest BCUT2D eigenvalue weighted by Crippen LogP contribution is -2.40. The van der Waals surface area contributed by atoms with Gasteiger partial charge in [0.1, 0.15) is 5.69 Å². The molecule has 2 aromatic heterocycles. The van der Waals surface area contributed by atoms with E-state index in [0.29, 0.717) is 18.2 Å². The minimum atomic E-state index is 0.0416. The highest BCUT2D eigenvalue weighted by Crippen LogP contribution is 2.40. The van der Waals surface area contributed by atoms with Crippen LogP contribution in [0.1, 0.15) is 29.0 Å². The maximum atomic E-state index is 12.5. The summed E-state index contributed by atoms with van der Waals surface area (Å²) in [4.78, 5) is 22.9. The number of pyridine rings is 1. The lowest BCUT2D eigenvalue weighted by molar-refractivity contribution is 0.0144. The van der Waals surface area contributed by atoms with E-state index in [1.54, 1.807) is 11.7 Å². The first-order valence-corrected chi connectivity index (χ1v) is 8.48. The number of hydrogen-bond acceptors (Lipinski definition) is 5. The van der Waals surface area contributed by atoms with E-state index < -0.39 is 0 Å². The van der Waals surface area contributed by atoms with Gasteiger partial charge in [-0.2, -0.15) is 0 Å². The van der Waals surface area contributed by atoms with Crippen molar-refractivity contribution < 1.29 is 9.53 Å². The summed E-state index contributed by atoms with van der Waals surface area (Å²) in [6.07, 6.45) is 4.07. The highest BCUT2D eigenvalue weighted by Gasteiger charge is 2.49. The average Bonchev–Trinajstić information content (AvgIpc) is 3.29. The molecule has 114 valence electrons. The van der Waals surface area contributed by atoms with Crippen LogP contribution in [-0.2, 0) is 11.3 Å². The van der Waals surface area contributed by atoms with Crippen LogP contribution in [0.4, 0.5) is 0 Å². The number of thiazole rings is 1. The van der Waals surface area contributed by atoms with Crippen LogP contribution in [-0.4, -0.2) is 39.5 Å². The molecule has 1 amide bonds. The standard InChI is InChI=1S/C16H17N3O2S/c20-16(13-9-22-10-18-13)19-7-11-4-5-14(19)15(11)21-8-12-3-1-2-6-17-12/h1-3,6,9-11,14-15H,4-5,7-8H2/t11-,14+,15+/m1/s1. The zero-order valence-electron chi connectivity index (χ0n) is 12.1. The van der Waals surface area contributed by atoms with Gasteiger partial charge in [-0.3, -0.25) is 9.78 Å². The third-order valence-corrected chi connectivity index (χ3v) is 5.16. The SMILES string of the molecule is O=C(c1cscn1)N1C[C@H]2CC[C@H]1[C@H]2OCc1ccccn1. The number of nitrogens with zero attached hydrogens (tertiary/aromatic N) is 3. The fourth-order valence-electron chi connectivity index (χ4n) is 3.56. The second-order valence-electron chi connectivity index (χ2n) is 5.83. The Bertz CT molecular complexity index is 647. The number of rotatable bonds is 4. The number of hydrogen-bond donors (Lipinski definition) is 0. The summed E-state index contributed by atoms with van der Waals surface area (Å²) >= 11 is 1.46. The van der Waals surface area contributed by atoms with E-state index in [-0.39, 0.29) is 18.1 Å². The Balaban J connectivity index is 1.44. The molecule has 1 aliphatic carbocycles. The van der Waals surface area contributed by atoms with Gasteiger partial charge >= 0.3 is 0 Å². The molecule has 2 fully saturated rings. The predicted octanol–water partition coefficient (Wildman–Crippen LogP) is 2.36. The Hall–Kier alpha value is -1.79.